The van der Waals surface area contributed by atoms with Crippen LogP contribution >= 0.6 is 0 Å². The van der Waals surface area contributed by atoms with Gasteiger partial charge in [-0.3, -0.25) is 24.0 Å². The summed E-state index contributed by atoms with van der Waals surface area (Å²) in [6, 6.07) is 1.65. The van der Waals surface area contributed by atoms with Gasteiger partial charge in [-0.1, -0.05) is 65.3 Å². The second kappa shape index (κ2) is 23.4. The van der Waals surface area contributed by atoms with Crippen LogP contribution in [0.3, 0.4) is 0 Å². The van der Waals surface area contributed by atoms with Crippen LogP contribution in [-0.4, -0.2) is 113 Å². The van der Waals surface area contributed by atoms with Crippen molar-refractivity contribution < 1.29 is 48.1 Å². The van der Waals surface area contributed by atoms with Crippen LogP contribution in [0.5, 0.6) is 5.75 Å². The number of cyclic esters (lactones) is 2. The van der Waals surface area contributed by atoms with Crippen molar-refractivity contribution in [1.82, 2.24) is 25.8 Å². The Bertz CT molecular complexity index is 1710. The average Bonchev–Trinajstić information content (AvgIpc) is 3.18. The molecular weight excluding hydrogens is 759 g/mol. The topological polar surface area (TPSA) is 201 Å². The molecule has 0 saturated carbocycles. The fourth-order valence-electron chi connectivity index (χ4n) is 6.61. The Morgan fingerprint density at radius 2 is 1.51 bits per heavy atom. The van der Waals surface area contributed by atoms with Crippen molar-refractivity contribution in [1.29, 1.82) is 0 Å². The third-order valence-electron chi connectivity index (χ3n) is 10.8. The number of allylic oxidation sites excluding steroid dienone is 2. The van der Waals surface area contributed by atoms with E-state index in [9.17, 15) is 38.7 Å². The largest absolute Gasteiger partial charge is 0.508 e. The molecule has 1 aromatic rings. The molecule has 1 heterocycles. The van der Waals surface area contributed by atoms with Gasteiger partial charge in [-0.15, -0.1) is 0 Å². The van der Waals surface area contributed by atoms with E-state index in [-0.39, 0.29) is 41.9 Å². The average molecular weight is 826 g/mol. The Hall–Kier alpha value is -5.21. The van der Waals surface area contributed by atoms with E-state index in [2.05, 4.69) is 16.0 Å². The summed E-state index contributed by atoms with van der Waals surface area (Å²) < 4.78 is 11.6. The Kier molecular flexibility index (Phi) is 19.8. The summed E-state index contributed by atoms with van der Waals surface area (Å²) in [6.45, 7) is 17.0. The van der Waals surface area contributed by atoms with E-state index < -0.39 is 84.4 Å². The number of carbonyl (C=O) groups is 7. The normalized spacial score (nSPS) is 27.5. The van der Waals surface area contributed by atoms with Crippen molar-refractivity contribution in [3.8, 4) is 5.75 Å². The van der Waals surface area contributed by atoms with Crippen LogP contribution in [0.2, 0.25) is 0 Å². The number of benzene rings is 1. The van der Waals surface area contributed by atoms with E-state index in [1.807, 2.05) is 47.6 Å². The van der Waals surface area contributed by atoms with Gasteiger partial charge in [-0.2, -0.15) is 0 Å². The van der Waals surface area contributed by atoms with Crippen LogP contribution in [0.1, 0.15) is 100 Å². The molecule has 0 aliphatic carbocycles. The highest BCUT2D eigenvalue weighted by molar-refractivity contribution is 5.96. The number of hydrogen-bond donors (Lipinski definition) is 4. The predicted octanol–water partition coefficient (Wildman–Crippen LogP) is 3.97. The number of rotatable bonds is 7. The van der Waals surface area contributed by atoms with E-state index in [4.69, 9.17) is 9.47 Å². The molecule has 0 bridgehead atoms. The summed E-state index contributed by atoms with van der Waals surface area (Å²) in [6.07, 6.45) is 3.31. The minimum atomic E-state index is -1.22. The number of nitrogens with zero attached hydrogens (tertiary/aromatic N) is 2. The highest BCUT2D eigenvalue weighted by atomic mass is 16.6. The molecule has 0 fully saturated rings. The summed E-state index contributed by atoms with van der Waals surface area (Å²) in [4.78, 5) is 97.9. The fourth-order valence-corrected chi connectivity index (χ4v) is 6.61. The summed E-state index contributed by atoms with van der Waals surface area (Å²) in [5, 5.41) is 17.9. The number of phenols is 1. The van der Waals surface area contributed by atoms with Gasteiger partial charge in [0, 0.05) is 26.1 Å². The molecule has 15 nitrogen and oxygen atoms in total. The Balaban J connectivity index is 2.60. The van der Waals surface area contributed by atoms with Crippen LogP contribution in [-0.2, 0) is 49.5 Å². The number of nitrogens with one attached hydrogen (secondary N) is 3. The van der Waals surface area contributed by atoms with Crippen LogP contribution < -0.4 is 16.0 Å². The lowest BCUT2D eigenvalue weighted by Crippen LogP contribution is -2.57. The molecule has 59 heavy (non-hydrogen) atoms. The molecule has 5 amide bonds. The SMILES string of the molecule is C/C=C(\C)[C@H]1OC(=O)C(C)NC(=O)[C@H](C(C)CC)NC(=O)CN(C)C(=O)[C@@H](Cc2ccc(O)cc2)N(C)C(=O)[C@H](C)NC(=O)[C@@H](CC(C)C)OC(=O)/C(C)=C/CC[C@@H]1C. The van der Waals surface area contributed by atoms with Gasteiger partial charge in [0.15, 0.2) is 6.10 Å². The smallest absolute Gasteiger partial charge is 0.334 e. The van der Waals surface area contributed by atoms with Crippen molar-refractivity contribution >= 4 is 41.5 Å². The Morgan fingerprint density at radius 1 is 0.898 bits per heavy atom. The molecule has 0 aromatic heterocycles. The summed E-state index contributed by atoms with van der Waals surface area (Å²) >= 11 is 0. The molecule has 15 heteroatoms. The second-order valence-electron chi connectivity index (χ2n) is 16.3. The number of ether oxygens (including phenoxy) is 2. The van der Waals surface area contributed by atoms with Crippen molar-refractivity contribution in [2.45, 2.75) is 138 Å². The van der Waals surface area contributed by atoms with Gasteiger partial charge in [-0.25, -0.2) is 9.59 Å². The first-order chi connectivity index (χ1) is 27.6. The number of esters is 2. The van der Waals surface area contributed by atoms with E-state index in [1.165, 1.54) is 45.0 Å². The maximum Gasteiger partial charge on any atom is 0.334 e. The maximum absolute atomic E-state index is 14.1. The summed E-state index contributed by atoms with van der Waals surface area (Å²) in [7, 11) is 2.81. The van der Waals surface area contributed by atoms with Crippen molar-refractivity contribution in [3.63, 3.8) is 0 Å². The van der Waals surface area contributed by atoms with Crippen molar-refractivity contribution in [2.24, 2.45) is 17.8 Å². The molecule has 1 aliphatic rings. The Morgan fingerprint density at radius 3 is 2.08 bits per heavy atom. The first kappa shape index (κ1) is 49.9. The number of hydrogen-bond acceptors (Lipinski definition) is 10. The van der Waals surface area contributed by atoms with E-state index in [1.54, 1.807) is 32.1 Å². The first-order valence-electron chi connectivity index (χ1n) is 20.5. The van der Waals surface area contributed by atoms with Gasteiger partial charge in [0.05, 0.1) is 6.54 Å². The monoisotopic (exact) mass is 825 g/mol. The van der Waals surface area contributed by atoms with Crippen LogP contribution in [0.25, 0.3) is 0 Å². The van der Waals surface area contributed by atoms with Gasteiger partial charge in [0.1, 0.15) is 36.0 Å². The van der Waals surface area contributed by atoms with Crippen LogP contribution in [0, 0.1) is 17.8 Å². The first-order valence-corrected chi connectivity index (χ1v) is 20.5. The standard InChI is InChI=1S/C44H67N5O10/c1-13-26(5)37-40(53)46-31(10)44(57)59-38(27(6)14-2)28(7)16-15-17-29(8)43(56)58-35(22-25(3)4)39(52)45-30(9)41(54)49(12)34(23-32-18-20-33(50)21-19-32)42(55)48(11)24-36(51)47-37/h14,17-21,25-26,28,30-31,34-35,37-38,50H,13,15-16,22-24H2,1-12H3,(H,45,52)(H,46,53)(H,47,51)/b27-14+,29-17+/t26?,28-,30-,31?,34+,35+,37-,38+/m0/s1. The number of carbonyl (C=O) groups excluding carboxylic acids is 7. The van der Waals surface area contributed by atoms with Crippen LogP contribution in [0.4, 0.5) is 0 Å². The molecule has 1 aromatic carbocycles. The number of phenolic OH excluding ortho intramolecular Hbond substituents is 1. The summed E-state index contributed by atoms with van der Waals surface area (Å²) in [5.74, 6) is -5.13. The zero-order valence-electron chi connectivity index (χ0n) is 36.9. The lowest BCUT2D eigenvalue weighted by Gasteiger charge is -2.33. The van der Waals surface area contributed by atoms with Gasteiger partial charge >= 0.3 is 11.9 Å². The van der Waals surface area contributed by atoms with E-state index in [0.717, 1.165) is 10.5 Å². The molecule has 328 valence electrons. The highest BCUT2D eigenvalue weighted by Crippen LogP contribution is 2.23. The van der Waals surface area contributed by atoms with Crippen molar-refractivity contribution in [3.05, 3.63) is 53.1 Å². The highest BCUT2D eigenvalue weighted by Gasteiger charge is 2.36. The zero-order valence-corrected chi connectivity index (χ0v) is 36.9. The van der Waals surface area contributed by atoms with E-state index >= 15 is 0 Å². The van der Waals surface area contributed by atoms with Gasteiger partial charge in [0.2, 0.25) is 23.6 Å². The summed E-state index contributed by atoms with van der Waals surface area (Å²) in [5.41, 5.74) is 1.68. The maximum atomic E-state index is 14.1. The third kappa shape index (κ3) is 15.2. The molecule has 1 aliphatic heterocycles. The zero-order chi connectivity index (χ0) is 44.7. The molecule has 4 N–H and O–H groups in total. The number of amides is 5. The lowest BCUT2D eigenvalue weighted by atomic mass is 9.93. The number of aromatic hydroxyl groups is 1. The van der Waals surface area contributed by atoms with Gasteiger partial charge in [0.25, 0.3) is 5.91 Å². The molecular formula is C44H67N5O10. The third-order valence-corrected chi connectivity index (χ3v) is 10.8. The quantitative estimate of drug-likeness (QED) is 0.230. The fraction of sp³-hybridized carbons (Fsp3) is 0.614. The van der Waals surface area contributed by atoms with Gasteiger partial charge < -0.3 is 40.3 Å². The second-order valence-corrected chi connectivity index (χ2v) is 16.3. The lowest BCUT2D eigenvalue weighted by molar-refractivity contribution is -0.154. The van der Waals surface area contributed by atoms with E-state index in [0.29, 0.717) is 24.8 Å². The predicted molar refractivity (Wildman–Crippen MR) is 223 cm³/mol. The Labute approximate surface area is 349 Å². The molecule has 0 spiro atoms. The molecule has 2 unspecified atom stereocenters. The van der Waals surface area contributed by atoms with Gasteiger partial charge in [-0.05, 0) is 94.9 Å². The molecule has 0 radical (unpaired) electrons. The minimum Gasteiger partial charge on any atom is -0.508 e. The molecule has 0 saturated heterocycles. The number of likely N-dealkylation sites (N-methyl/N-ethyl adjacent to an activating group) is 2. The van der Waals surface area contributed by atoms with Crippen molar-refractivity contribution in [2.75, 3.05) is 20.6 Å². The molecule has 2 rings (SSSR count). The minimum absolute atomic E-state index is 0.00506. The van der Waals surface area contributed by atoms with Crippen LogP contribution in [0.15, 0.2) is 47.6 Å². The molecule has 8 atom stereocenters.